The Morgan fingerprint density at radius 1 is 1.58 bits per heavy atom. The van der Waals surface area contributed by atoms with E-state index in [1.165, 1.54) is 23.3 Å². The number of hydrogen-bond donors (Lipinski definition) is 0. The van der Waals surface area contributed by atoms with Gasteiger partial charge in [-0.15, -0.1) is 11.3 Å². The molecule has 5 nitrogen and oxygen atoms in total. The minimum absolute atomic E-state index is 0.476. The van der Waals surface area contributed by atoms with Crippen molar-refractivity contribution in [1.82, 2.24) is 4.90 Å². The average Bonchev–Trinajstić information content (AvgIpc) is 2.76. The van der Waals surface area contributed by atoms with Crippen LogP contribution in [-0.4, -0.2) is 29.9 Å². The lowest BCUT2D eigenvalue weighted by Gasteiger charge is -2.27. The van der Waals surface area contributed by atoms with Crippen LogP contribution in [0.3, 0.4) is 0 Å². The summed E-state index contributed by atoms with van der Waals surface area (Å²) in [5.41, 5.74) is -0.143. The number of nitriles is 1. The Hall–Kier alpha value is -1.87. The van der Waals surface area contributed by atoms with Crippen molar-refractivity contribution in [2.24, 2.45) is 0 Å². The summed E-state index contributed by atoms with van der Waals surface area (Å²) in [5.74, 6) is 0. The third kappa shape index (κ3) is 4.07. The first-order valence-corrected chi connectivity index (χ1v) is 6.56. The molecule has 0 spiro atoms. The van der Waals surface area contributed by atoms with Gasteiger partial charge >= 0.3 is 6.09 Å². The number of aldehydes is 1. The smallest absolute Gasteiger partial charge is 0.410 e. The minimum Gasteiger partial charge on any atom is -0.444 e. The van der Waals surface area contributed by atoms with Crippen molar-refractivity contribution in [1.29, 1.82) is 5.26 Å². The third-order valence-corrected chi connectivity index (χ3v) is 3.27. The zero-order valence-corrected chi connectivity index (χ0v) is 12.2. The Labute approximate surface area is 116 Å². The Balaban J connectivity index is 2.88. The summed E-state index contributed by atoms with van der Waals surface area (Å²) in [4.78, 5) is 24.9. The van der Waals surface area contributed by atoms with E-state index in [9.17, 15) is 9.59 Å². The maximum Gasteiger partial charge on any atom is 0.410 e. The molecule has 0 N–H and O–H groups in total. The van der Waals surface area contributed by atoms with Crippen LogP contribution in [0.5, 0.6) is 0 Å². The standard InChI is InChI=1S/C13H16N2O3S/c1-13(2,3)18-12(17)15(4)10(7-16)11-5-9(6-14)8-19-11/h5,7-8,10H,1-4H3. The van der Waals surface area contributed by atoms with E-state index in [1.807, 2.05) is 6.07 Å². The number of ether oxygens (including phenoxy) is 1. The van der Waals surface area contributed by atoms with Gasteiger partial charge in [0.05, 0.1) is 5.56 Å². The number of carbonyl (C=O) groups excluding carboxylic acids is 2. The molecule has 0 bridgehead atoms. The number of likely N-dealkylation sites (N-methyl/N-ethyl adjacent to an activating group) is 1. The fourth-order valence-corrected chi connectivity index (χ4v) is 2.30. The molecule has 0 fully saturated rings. The largest absolute Gasteiger partial charge is 0.444 e. The second-order valence-corrected chi connectivity index (χ2v) is 5.96. The van der Waals surface area contributed by atoms with Gasteiger partial charge in [0.2, 0.25) is 0 Å². The number of carbonyl (C=O) groups is 2. The second kappa shape index (κ2) is 5.85. The predicted octanol–water partition coefficient (Wildman–Crippen LogP) is 2.73. The van der Waals surface area contributed by atoms with Crippen LogP contribution in [0.15, 0.2) is 11.4 Å². The monoisotopic (exact) mass is 280 g/mol. The fourth-order valence-electron chi connectivity index (χ4n) is 1.36. The van der Waals surface area contributed by atoms with Crippen LogP contribution >= 0.6 is 11.3 Å². The topological polar surface area (TPSA) is 70.4 Å². The van der Waals surface area contributed by atoms with E-state index in [0.717, 1.165) is 0 Å². The molecule has 0 aliphatic rings. The van der Waals surface area contributed by atoms with Crippen LogP contribution < -0.4 is 0 Å². The fraction of sp³-hybridized carbons (Fsp3) is 0.462. The average molecular weight is 280 g/mol. The van der Waals surface area contributed by atoms with Crippen molar-refractivity contribution in [3.63, 3.8) is 0 Å². The number of amides is 1. The normalized spacial score (nSPS) is 12.4. The molecule has 102 valence electrons. The summed E-state index contributed by atoms with van der Waals surface area (Å²) in [7, 11) is 1.50. The quantitative estimate of drug-likeness (QED) is 0.798. The first kappa shape index (κ1) is 15.2. The summed E-state index contributed by atoms with van der Waals surface area (Å²) < 4.78 is 5.20. The van der Waals surface area contributed by atoms with Gasteiger partial charge in [-0.25, -0.2) is 4.79 Å². The SMILES string of the molecule is CN(C(=O)OC(C)(C)C)C(C=O)c1cc(C#N)cs1. The van der Waals surface area contributed by atoms with E-state index in [1.54, 1.807) is 32.2 Å². The molecule has 6 heteroatoms. The third-order valence-electron chi connectivity index (χ3n) is 2.27. The van der Waals surface area contributed by atoms with Crippen molar-refractivity contribution in [3.05, 3.63) is 21.9 Å². The van der Waals surface area contributed by atoms with Gasteiger partial charge in [-0.2, -0.15) is 5.26 Å². The van der Waals surface area contributed by atoms with Gasteiger partial charge < -0.3 is 9.53 Å². The molecule has 1 aromatic heterocycles. The molecule has 19 heavy (non-hydrogen) atoms. The minimum atomic E-state index is -0.734. The lowest BCUT2D eigenvalue weighted by atomic mass is 10.2. The molecule has 1 amide bonds. The summed E-state index contributed by atoms with van der Waals surface area (Å²) in [6, 6.07) is 2.86. The van der Waals surface area contributed by atoms with Gasteiger partial charge in [0.25, 0.3) is 0 Å². The maximum absolute atomic E-state index is 11.9. The molecule has 1 unspecified atom stereocenters. The Kier molecular flexibility index (Phi) is 4.67. The lowest BCUT2D eigenvalue weighted by molar-refractivity contribution is -0.112. The molecule has 0 saturated heterocycles. The molecule has 0 aliphatic carbocycles. The summed E-state index contributed by atoms with van der Waals surface area (Å²) in [5, 5.41) is 10.4. The number of rotatable bonds is 3. The molecule has 1 atom stereocenters. The van der Waals surface area contributed by atoms with Crippen molar-refractivity contribution in [3.8, 4) is 6.07 Å². The molecule has 0 aliphatic heterocycles. The Morgan fingerprint density at radius 3 is 2.63 bits per heavy atom. The summed E-state index contributed by atoms with van der Waals surface area (Å²) in [6.07, 6.45) is 0.0909. The molecule has 0 saturated carbocycles. The van der Waals surface area contributed by atoms with Gasteiger partial charge in [0.15, 0.2) is 0 Å². The highest BCUT2D eigenvalue weighted by Gasteiger charge is 2.27. The molecule has 0 radical (unpaired) electrons. The van der Waals surface area contributed by atoms with Gasteiger partial charge in [0, 0.05) is 17.3 Å². The first-order chi connectivity index (χ1) is 8.78. The first-order valence-electron chi connectivity index (χ1n) is 5.68. The van der Waals surface area contributed by atoms with E-state index < -0.39 is 17.7 Å². The molecular weight excluding hydrogens is 264 g/mol. The van der Waals surface area contributed by atoms with Crippen LogP contribution in [0, 0.1) is 11.3 Å². The highest BCUT2D eigenvalue weighted by molar-refractivity contribution is 7.10. The van der Waals surface area contributed by atoms with E-state index >= 15 is 0 Å². The van der Waals surface area contributed by atoms with Crippen LogP contribution in [-0.2, 0) is 9.53 Å². The molecule has 1 rings (SSSR count). The summed E-state index contributed by atoms with van der Waals surface area (Å²) >= 11 is 1.27. The highest BCUT2D eigenvalue weighted by atomic mass is 32.1. The van der Waals surface area contributed by atoms with Gasteiger partial charge in [-0.3, -0.25) is 4.90 Å². The van der Waals surface area contributed by atoms with Gasteiger partial charge in [-0.1, -0.05) is 0 Å². The van der Waals surface area contributed by atoms with Crippen LogP contribution in [0.2, 0.25) is 0 Å². The summed E-state index contributed by atoms with van der Waals surface area (Å²) in [6.45, 7) is 5.27. The maximum atomic E-state index is 11.9. The zero-order chi connectivity index (χ0) is 14.6. The van der Waals surface area contributed by atoms with Crippen LogP contribution in [0.4, 0.5) is 4.79 Å². The van der Waals surface area contributed by atoms with Crippen molar-refractivity contribution >= 4 is 23.7 Å². The molecule has 1 aromatic rings. The molecule has 0 aromatic carbocycles. The molecule has 1 heterocycles. The van der Waals surface area contributed by atoms with Gasteiger partial charge in [0.1, 0.15) is 24.0 Å². The number of thiophene rings is 1. The van der Waals surface area contributed by atoms with Crippen molar-refractivity contribution in [2.45, 2.75) is 32.4 Å². The van der Waals surface area contributed by atoms with Crippen molar-refractivity contribution < 1.29 is 14.3 Å². The molecular formula is C13H16N2O3S. The highest BCUT2D eigenvalue weighted by Crippen LogP contribution is 2.25. The zero-order valence-electron chi connectivity index (χ0n) is 11.3. The lowest BCUT2D eigenvalue weighted by Crippen LogP contribution is -2.37. The van der Waals surface area contributed by atoms with E-state index in [2.05, 4.69) is 0 Å². The number of hydrogen-bond acceptors (Lipinski definition) is 5. The Bertz CT molecular complexity index is 511. The van der Waals surface area contributed by atoms with Crippen LogP contribution in [0.1, 0.15) is 37.3 Å². The van der Waals surface area contributed by atoms with Crippen molar-refractivity contribution in [2.75, 3.05) is 7.05 Å². The van der Waals surface area contributed by atoms with E-state index in [0.29, 0.717) is 16.7 Å². The van der Waals surface area contributed by atoms with E-state index in [-0.39, 0.29) is 0 Å². The van der Waals surface area contributed by atoms with Crippen LogP contribution in [0.25, 0.3) is 0 Å². The second-order valence-electron chi connectivity index (χ2n) is 5.02. The van der Waals surface area contributed by atoms with Gasteiger partial charge in [-0.05, 0) is 26.8 Å². The van der Waals surface area contributed by atoms with E-state index in [4.69, 9.17) is 10.00 Å². The Morgan fingerprint density at radius 2 is 2.21 bits per heavy atom. The number of nitrogens with zero attached hydrogens (tertiary/aromatic N) is 2. The predicted molar refractivity (Wildman–Crippen MR) is 71.8 cm³/mol.